The normalized spacial score (nSPS) is 15.1. The highest BCUT2D eigenvalue weighted by molar-refractivity contribution is 6.18. The van der Waals surface area contributed by atoms with Crippen molar-refractivity contribution in [3.8, 4) is 22.6 Å². The molecule has 3 aromatic rings. The molecule has 218 valence electrons. The van der Waals surface area contributed by atoms with E-state index < -0.39 is 0 Å². The van der Waals surface area contributed by atoms with Gasteiger partial charge in [0.1, 0.15) is 0 Å². The third-order valence-corrected chi connectivity index (χ3v) is 7.66. The number of rotatable bonds is 8. The number of aromatic nitrogens is 1. The predicted octanol–water partition coefficient (Wildman–Crippen LogP) is 6.01. The summed E-state index contributed by atoms with van der Waals surface area (Å²) in [6.45, 7) is 10.8. The number of carbonyl (C=O) groups excluding carboxylic acids is 2. The Labute approximate surface area is 243 Å². The maximum atomic E-state index is 13.6. The lowest BCUT2D eigenvalue weighted by Crippen LogP contribution is -2.45. The van der Waals surface area contributed by atoms with Crippen LogP contribution in [0.4, 0.5) is 5.69 Å². The quantitative estimate of drug-likeness (QED) is 0.199. The monoisotopic (exact) mass is 558 g/mol. The molecule has 0 atom stereocenters. The molecule has 3 heterocycles. The fourth-order valence-corrected chi connectivity index (χ4v) is 5.63. The first kappa shape index (κ1) is 29.9. The number of aryl methyl sites for hydroxylation is 1. The third-order valence-electron chi connectivity index (χ3n) is 7.66. The van der Waals surface area contributed by atoms with Gasteiger partial charge >= 0.3 is 0 Å². The fraction of sp³-hybridized carbons (Fsp3) is 0.394. The minimum atomic E-state index is -0.0236. The van der Waals surface area contributed by atoms with Gasteiger partial charge in [0.05, 0.1) is 11.3 Å². The van der Waals surface area contributed by atoms with Gasteiger partial charge in [0.25, 0.3) is 5.91 Å². The average molecular weight is 559 g/mol. The SMILES string of the molecule is CC.CCCN(C)C1CCN(C(=O)c2cc(C)[nH]c2/C=C(\C=O)c2c(N)cccc2-c2ccc3c(c2)OCO3)CC1. The number of fused-ring (bicyclic) bond motifs is 1. The Balaban J connectivity index is 0.00000189. The number of nitrogen functional groups attached to an aromatic ring is 1. The summed E-state index contributed by atoms with van der Waals surface area (Å²) in [5.41, 5.74) is 11.6. The summed E-state index contributed by atoms with van der Waals surface area (Å²) in [4.78, 5) is 33.7. The number of ether oxygens (including phenoxy) is 2. The van der Waals surface area contributed by atoms with Crippen LogP contribution in [0.3, 0.4) is 0 Å². The second-order valence-corrected chi connectivity index (χ2v) is 10.3. The van der Waals surface area contributed by atoms with E-state index in [2.05, 4.69) is 23.9 Å². The number of anilines is 1. The molecule has 0 aliphatic carbocycles. The van der Waals surface area contributed by atoms with Crippen LogP contribution < -0.4 is 15.2 Å². The number of amides is 1. The molecule has 2 aliphatic rings. The van der Waals surface area contributed by atoms with Crippen LogP contribution in [0.5, 0.6) is 11.5 Å². The number of hydrogen-bond donors (Lipinski definition) is 2. The number of nitrogens with two attached hydrogens (primary N) is 1. The van der Waals surface area contributed by atoms with E-state index in [1.54, 1.807) is 12.1 Å². The van der Waals surface area contributed by atoms with Crippen LogP contribution in [0.2, 0.25) is 0 Å². The van der Waals surface area contributed by atoms with Crippen molar-refractivity contribution in [1.82, 2.24) is 14.8 Å². The number of piperidine rings is 1. The molecule has 0 unspecified atom stereocenters. The molecule has 1 fully saturated rings. The minimum absolute atomic E-state index is 0.0236. The number of likely N-dealkylation sites (tertiary alicyclic amines) is 1. The smallest absolute Gasteiger partial charge is 0.256 e. The van der Waals surface area contributed by atoms with E-state index in [1.807, 2.05) is 62.1 Å². The van der Waals surface area contributed by atoms with E-state index in [0.717, 1.165) is 48.9 Å². The minimum Gasteiger partial charge on any atom is -0.454 e. The maximum Gasteiger partial charge on any atom is 0.256 e. The van der Waals surface area contributed by atoms with Crippen molar-refractivity contribution in [2.24, 2.45) is 0 Å². The standard InChI is InChI=1S/C31H36N4O4.C2H6/c1-4-12-34(3)23-10-13-35(14-11-23)31(37)25-15-20(2)33-27(25)16-22(18-36)30-24(6-5-7-26(30)32)21-8-9-28-29(17-21)39-19-38-28;1-2/h5-9,15-18,23,33H,4,10-14,19,32H2,1-3H3;1-2H3/b22-16+;. The number of carbonyl (C=O) groups is 2. The first-order valence-corrected chi connectivity index (χ1v) is 14.5. The molecular weight excluding hydrogens is 516 g/mol. The van der Waals surface area contributed by atoms with Gasteiger partial charge in [-0.3, -0.25) is 9.59 Å². The van der Waals surface area contributed by atoms with Crippen LogP contribution in [-0.4, -0.2) is 66.5 Å². The lowest BCUT2D eigenvalue weighted by atomic mass is 9.92. The van der Waals surface area contributed by atoms with Crippen molar-refractivity contribution in [2.75, 3.05) is 39.2 Å². The highest BCUT2D eigenvalue weighted by Gasteiger charge is 2.27. The van der Waals surface area contributed by atoms with Crippen molar-refractivity contribution < 1.29 is 19.1 Å². The van der Waals surface area contributed by atoms with Gasteiger partial charge in [-0.25, -0.2) is 0 Å². The first-order valence-electron chi connectivity index (χ1n) is 14.5. The Bertz CT molecular complexity index is 1400. The average Bonchev–Trinajstić information content (AvgIpc) is 3.62. The van der Waals surface area contributed by atoms with Crippen LogP contribution in [0.25, 0.3) is 22.8 Å². The molecule has 0 radical (unpaired) electrons. The van der Waals surface area contributed by atoms with E-state index >= 15 is 0 Å². The van der Waals surface area contributed by atoms with Crippen molar-refractivity contribution in [3.63, 3.8) is 0 Å². The van der Waals surface area contributed by atoms with Gasteiger partial charge in [0.2, 0.25) is 6.79 Å². The number of nitrogens with one attached hydrogen (secondary N) is 1. The molecule has 0 saturated carbocycles. The molecule has 8 heteroatoms. The highest BCUT2D eigenvalue weighted by Crippen LogP contribution is 2.40. The molecule has 1 amide bonds. The van der Waals surface area contributed by atoms with Gasteiger partial charge in [0, 0.05) is 41.6 Å². The predicted molar refractivity (Wildman–Crippen MR) is 165 cm³/mol. The summed E-state index contributed by atoms with van der Waals surface area (Å²) in [7, 11) is 2.16. The second-order valence-electron chi connectivity index (χ2n) is 10.3. The van der Waals surface area contributed by atoms with E-state index in [4.69, 9.17) is 15.2 Å². The Morgan fingerprint density at radius 1 is 1.12 bits per heavy atom. The first-order chi connectivity index (χ1) is 19.9. The number of benzene rings is 2. The summed E-state index contributed by atoms with van der Waals surface area (Å²) in [5, 5.41) is 0. The second kappa shape index (κ2) is 13.5. The molecule has 2 aliphatic heterocycles. The molecule has 8 nitrogen and oxygen atoms in total. The number of hydrogen-bond acceptors (Lipinski definition) is 6. The molecule has 41 heavy (non-hydrogen) atoms. The van der Waals surface area contributed by atoms with Crippen LogP contribution in [-0.2, 0) is 4.79 Å². The maximum absolute atomic E-state index is 13.6. The van der Waals surface area contributed by atoms with Crippen molar-refractivity contribution in [2.45, 2.75) is 53.0 Å². The summed E-state index contributed by atoms with van der Waals surface area (Å²) in [6, 6.07) is 13.6. The number of nitrogens with zero attached hydrogens (tertiary/aromatic N) is 2. The molecule has 1 aromatic heterocycles. The van der Waals surface area contributed by atoms with Crippen LogP contribution in [0.15, 0.2) is 42.5 Å². The van der Waals surface area contributed by atoms with Gasteiger partial charge in [-0.05, 0) is 81.2 Å². The Hall–Kier alpha value is -4.04. The fourth-order valence-electron chi connectivity index (χ4n) is 5.63. The van der Waals surface area contributed by atoms with Crippen LogP contribution in [0, 0.1) is 6.92 Å². The lowest BCUT2D eigenvalue weighted by molar-refractivity contribution is -0.103. The van der Waals surface area contributed by atoms with E-state index in [1.165, 1.54) is 0 Å². The van der Waals surface area contributed by atoms with E-state index in [0.29, 0.717) is 58.7 Å². The third kappa shape index (κ3) is 6.49. The summed E-state index contributed by atoms with van der Waals surface area (Å²) < 4.78 is 11.0. The van der Waals surface area contributed by atoms with Crippen LogP contribution in [0.1, 0.15) is 67.3 Å². The van der Waals surface area contributed by atoms with Crippen LogP contribution >= 0.6 is 0 Å². The van der Waals surface area contributed by atoms with Gasteiger partial charge < -0.3 is 30.0 Å². The number of aldehydes is 1. The van der Waals surface area contributed by atoms with Gasteiger partial charge in [-0.1, -0.05) is 39.0 Å². The zero-order valence-corrected chi connectivity index (χ0v) is 24.8. The van der Waals surface area contributed by atoms with Crippen molar-refractivity contribution in [3.05, 3.63) is 65.0 Å². The van der Waals surface area contributed by atoms with Crippen molar-refractivity contribution in [1.29, 1.82) is 0 Å². The molecule has 0 spiro atoms. The summed E-state index contributed by atoms with van der Waals surface area (Å²) in [5.74, 6) is 1.31. The topological polar surface area (TPSA) is 101 Å². The van der Waals surface area contributed by atoms with Gasteiger partial charge in [0.15, 0.2) is 17.8 Å². The van der Waals surface area contributed by atoms with Gasteiger partial charge in [-0.2, -0.15) is 0 Å². The number of H-pyrrole nitrogens is 1. The molecular formula is C33H42N4O4. The summed E-state index contributed by atoms with van der Waals surface area (Å²) in [6.07, 6.45) is 5.56. The zero-order valence-electron chi connectivity index (χ0n) is 24.8. The number of allylic oxidation sites excluding steroid dienone is 1. The highest BCUT2D eigenvalue weighted by atomic mass is 16.7. The molecule has 0 bridgehead atoms. The van der Waals surface area contributed by atoms with Crippen molar-refractivity contribution >= 4 is 29.5 Å². The lowest BCUT2D eigenvalue weighted by Gasteiger charge is -2.36. The zero-order chi connectivity index (χ0) is 29.5. The van der Waals surface area contributed by atoms with E-state index in [9.17, 15) is 9.59 Å². The van der Waals surface area contributed by atoms with E-state index in [-0.39, 0.29) is 12.7 Å². The molecule has 5 rings (SSSR count). The largest absolute Gasteiger partial charge is 0.454 e. The molecule has 3 N–H and O–H groups in total. The Kier molecular flexibility index (Phi) is 9.89. The summed E-state index contributed by atoms with van der Waals surface area (Å²) >= 11 is 0. The number of aromatic amines is 1. The Morgan fingerprint density at radius 3 is 2.56 bits per heavy atom. The molecule has 1 saturated heterocycles. The van der Waals surface area contributed by atoms with Gasteiger partial charge in [-0.15, -0.1) is 0 Å². The molecule has 2 aromatic carbocycles. The Morgan fingerprint density at radius 2 is 1.85 bits per heavy atom.